The zero-order chi connectivity index (χ0) is 42.6. The number of hydrogen-bond donors (Lipinski definition) is 3. The molecule has 0 aliphatic carbocycles. The number of phosphoric ester groups is 1. The maximum atomic E-state index is 12.6. The highest BCUT2D eigenvalue weighted by atomic mass is 31.2. The normalized spacial score (nSPS) is 13.8. The second-order valence-corrected chi connectivity index (χ2v) is 17.9. The Kier molecular flexibility index (Phi) is 42.8. The van der Waals surface area contributed by atoms with Crippen LogP contribution >= 0.6 is 7.82 Å². The van der Waals surface area contributed by atoms with Gasteiger partial charge < -0.3 is 24.6 Å². The van der Waals surface area contributed by atoms with Gasteiger partial charge in [-0.2, -0.15) is 0 Å². The molecule has 3 atom stereocenters. The summed E-state index contributed by atoms with van der Waals surface area (Å²) in [6.07, 6.45) is 43.2. The number of phosphoric acid groups is 1. The van der Waals surface area contributed by atoms with Crippen LogP contribution in [0.4, 0.5) is 0 Å². The van der Waals surface area contributed by atoms with Gasteiger partial charge in [-0.15, -0.1) is 0 Å². The fourth-order valence-corrected chi connectivity index (χ4v) is 7.72. The predicted molar refractivity (Wildman–Crippen MR) is 238 cm³/mol. The topological polar surface area (TPSA) is 149 Å². The van der Waals surface area contributed by atoms with Gasteiger partial charge in [0.15, 0.2) is 6.10 Å². The minimum Gasteiger partial charge on any atom is -0.462 e. The van der Waals surface area contributed by atoms with Gasteiger partial charge in [0.25, 0.3) is 0 Å². The Morgan fingerprint density at radius 1 is 0.500 bits per heavy atom. The molecule has 0 saturated carbocycles. The van der Waals surface area contributed by atoms with Gasteiger partial charge >= 0.3 is 19.8 Å². The molecule has 3 N–H and O–H groups in total. The van der Waals surface area contributed by atoms with Crippen molar-refractivity contribution in [3.05, 3.63) is 12.2 Å². The van der Waals surface area contributed by atoms with Crippen molar-refractivity contribution in [3.63, 3.8) is 0 Å². The fourth-order valence-electron chi connectivity index (χ4n) is 6.93. The molecule has 0 aromatic carbocycles. The van der Waals surface area contributed by atoms with Crippen molar-refractivity contribution < 1.29 is 47.8 Å². The molecular weight excluding hydrogens is 755 g/mol. The zero-order valence-corrected chi connectivity index (χ0v) is 38.4. The molecule has 0 heterocycles. The first-order chi connectivity index (χ1) is 28.2. The fraction of sp³-hybridized carbons (Fsp3) is 0.915. The van der Waals surface area contributed by atoms with Gasteiger partial charge in [0, 0.05) is 12.8 Å². The highest BCUT2D eigenvalue weighted by Crippen LogP contribution is 2.43. The van der Waals surface area contributed by atoms with Gasteiger partial charge in [-0.3, -0.25) is 18.6 Å². The molecule has 0 fully saturated rings. The van der Waals surface area contributed by atoms with Crippen LogP contribution in [0.5, 0.6) is 0 Å². The lowest BCUT2D eigenvalue weighted by atomic mass is 10.0. The Labute approximate surface area is 356 Å². The molecule has 0 saturated heterocycles. The quantitative estimate of drug-likeness (QED) is 0.0234. The standard InChI is InChI=1S/C47H91O10P/c1-3-5-7-9-11-13-15-17-19-21-22-23-25-26-28-30-32-34-36-38-46(50)54-42-45(43-56-58(52,53)55-41-44(49)40-48)57-47(51)39-37-35-33-31-29-27-24-20-18-16-14-12-10-8-6-4-2/h20,24,44-45,48-49H,3-19,21-23,25-43H2,1-2H3,(H,52,53)/b24-20-. The van der Waals surface area contributed by atoms with Crippen molar-refractivity contribution in [2.24, 2.45) is 0 Å². The first-order valence-electron chi connectivity index (χ1n) is 24.1. The van der Waals surface area contributed by atoms with Crippen LogP contribution in [0.1, 0.15) is 239 Å². The van der Waals surface area contributed by atoms with Crippen LogP contribution in [0.2, 0.25) is 0 Å². The van der Waals surface area contributed by atoms with Crippen LogP contribution in [-0.4, -0.2) is 65.7 Å². The molecule has 0 spiro atoms. The molecule has 10 nitrogen and oxygen atoms in total. The first-order valence-corrected chi connectivity index (χ1v) is 25.6. The van der Waals surface area contributed by atoms with E-state index in [-0.39, 0.29) is 19.4 Å². The lowest BCUT2D eigenvalue weighted by Gasteiger charge is -2.20. The third kappa shape index (κ3) is 42.8. The molecule has 11 heteroatoms. The molecule has 58 heavy (non-hydrogen) atoms. The van der Waals surface area contributed by atoms with Crippen LogP contribution < -0.4 is 0 Å². The van der Waals surface area contributed by atoms with Crippen LogP contribution in [0.25, 0.3) is 0 Å². The van der Waals surface area contributed by atoms with Gasteiger partial charge in [-0.05, 0) is 38.5 Å². The first kappa shape index (κ1) is 56.7. The van der Waals surface area contributed by atoms with Crippen molar-refractivity contribution in [2.45, 2.75) is 251 Å². The third-order valence-corrected chi connectivity index (χ3v) is 11.6. The summed E-state index contributed by atoms with van der Waals surface area (Å²) < 4.78 is 32.8. The number of ether oxygens (including phenoxy) is 2. The summed E-state index contributed by atoms with van der Waals surface area (Å²) >= 11 is 0. The molecule has 0 bridgehead atoms. The minimum atomic E-state index is -4.62. The summed E-state index contributed by atoms with van der Waals surface area (Å²) in [5, 5.41) is 18.4. The number of carbonyl (C=O) groups is 2. The lowest BCUT2D eigenvalue weighted by molar-refractivity contribution is -0.161. The summed E-state index contributed by atoms with van der Waals surface area (Å²) in [4.78, 5) is 35.1. The van der Waals surface area contributed by atoms with E-state index in [0.717, 1.165) is 57.8 Å². The molecule has 344 valence electrons. The average molecular weight is 847 g/mol. The maximum absolute atomic E-state index is 12.6. The van der Waals surface area contributed by atoms with Crippen molar-refractivity contribution in [2.75, 3.05) is 26.4 Å². The number of aliphatic hydroxyl groups is 2. The molecule has 0 amide bonds. The van der Waals surface area contributed by atoms with Crippen molar-refractivity contribution >= 4 is 19.8 Å². The van der Waals surface area contributed by atoms with E-state index in [1.807, 2.05) is 0 Å². The summed E-state index contributed by atoms with van der Waals surface area (Å²) in [6, 6.07) is 0. The van der Waals surface area contributed by atoms with Crippen molar-refractivity contribution in [1.29, 1.82) is 0 Å². The number of carbonyl (C=O) groups excluding carboxylic acids is 2. The third-order valence-electron chi connectivity index (χ3n) is 10.7. The number of hydrogen-bond acceptors (Lipinski definition) is 9. The van der Waals surface area contributed by atoms with Gasteiger partial charge in [0.1, 0.15) is 12.7 Å². The number of allylic oxidation sites excluding steroid dienone is 2. The molecule has 3 unspecified atom stereocenters. The van der Waals surface area contributed by atoms with E-state index >= 15 is 0 Å². The second kappa shape index (κ2) is 43.8. The minimum absolute atomic E-state index is 0.179. The van der Waals surface area contributed by atoms with Crippen LogP contribution in [-0.2, 0) is 32.7 Å². The van der Waals surface area contributed by atoms with E-state index in [2.05, 4.69) is 26.0 Å². The Morgan fingerprint density at radius 2 is 0.845 bits per heavy atom. The molecule has 0 radical (unpaired) electrons. The van der Waals surface area contributed by atoms with E-state index < -0.39 is 51.8 Å². The number of rotatable bonds is 46. The summed E-state index contributed by atoms with van der Waals surface area (Å²) in [6.45, 7) is 2.41. The molecule has 0 aliphatic rings. The van der Waals surface area contributed by atoms with E-state index in [9.17, 15) is 24.2 Å². The smallest absolute Gasteiger partial charge is 0.462 e. The Balaban J connectivity index is 4.19. The second-order valence-electron chi connectivity index (χ2n) is 16.5. The Morgan fingerprint density at radius 3 is 1.24 bits per heavy atom. The molecule has 0 aromatic rings. The SMILES string of the molecule is CCCCCCCCC/C=C\CCCCCCCC(=O)OC(COC(=O)CCCCCCCCCCCCCCCCCCCCC)COP(=O)(O)OCC(O)CO. The van der Waals surface area contributed by atoms with Gasteiger partial charge in [-0.25, -0.2) is 4.57 Å². The number of aliphatic hydroxyl groups excluding tert-OH is 2. The zero-order valence-electron chi connectivity index (χ0n) is 37.5. The van der Waals surface area contributed by atoms with E-state index in [1.54, 1.807) is 0 Å². The van der Waals surface area contributed by atoms with Crippen LogP contribution in [0.3, 0.4) is 0 Å². The van der Waals surface area contributed by atoms with E-state index in [0.29, 0.717) is 12.8 Å². The average Bonchev–Trinajstić information content (AvgIpc) is 3.21. The van der Waals surface area contributed by atoms with Crippen molar-refractivity contribution in [3.8, 4) is 0 Å². The molecule has 0 aliphatic heterocycles. The summed E-state index contributed by atoms with van der Waals surface area (Å²) in [7, 11) is -4.62. The largest absolute Gasteiger partial charge is 0.472 e. The maximum Gasteiger partial charge on any atom is 0.472 e. The number of esters is 2. The van der Waals surface area contributed by atoms with E-state index in [1.165, 1.54) is 141 Å². The van der Waals surface area contributed by atoms with Crippen LogP contribution in [0.15, 0.2) is 12.2 Å². The highest BCUT2D eigenvalue weighted by molar-refractivity contribution is 7.47. The van der Waals surface area contributed by atoms with Gasteiger partial charge in [0.2, 0.25) is 0 Å². The Hall–Kier alpha value is -1.29. The van der Waals surface area contributed by atoms with Gasteiger partial charge in [0.05, 0.1) is 19.8 Å². The summed E-state index contributed by atoms with van der Waals surface area (Å²) in [5.41, 5.74) is 0. The molecular formula is C47H91O10P. The summed E-state index contributed by atoms with van der Waals surface area (Å²) in [5.74, 6) is -0.920. The lowest BCUT2D eigenvalue weighted by Crippen LogP contribution is -2.29. The van der Waals surface area contributed by atoms with Gasteiger partial charge in [-0.1, -0.05) is 199 Å². The Bertz CT molecular complexity index is 977. The molecule has 0 rings (SSSR count). The monoisotopic (exact) mass is 847 g/mol. The highest BCUT2D eigenvalue weighted by Gasteiger charge is 2.27. The number of unbranched alkanes of at least 4 members (excludes halogenated alkanes) is 30. The predicted octanol–water partition coefficient (Wildman–Crippen LogP) is 13.2. The van der Waals surface area contributed by atoms with E-state index in [4.69, 9.17) is 23.6 Å². The molecule has 0 aromatic heterocycles. The van der Waals surface area contributed by atoms with Crippen LogP contribution in [0, 0.1) is 0 Å². The van der Waals surface area contributed by atoms with Crippen molar-refractivity contribution in [1.82, 2.24) is 0 Å².